The Kier molecular flexibility index (Phi) is 7.43. The molecule has 2 rings (SSSR count). The highest BCUT2D eigenvalue weighted by atomic mass is 16.5. The SMILES string of the molecule is COc1cc(C(=O)N[C@@H](C)C(=O)OCc2ccc(C#N)cc2)cc(OC)c1OC. The maximum Gasteiger partial charge on any atom is 0.328 e. The summed E-state index contributed by atoms with van der Waals surface area (Å²) >= 11 is 0. The molecule has 0 aliphatic rings. The lowest BCUT2D eigenvalue weighted by Gasteiger charge is -2.16. The van der Waals surface area contributed by atoms with Crippen molar-refractivity contribution < 1.29 is 28.5 Å². The summed E-state index contributed by atoms with van der Waals surface area (Å²) in [5, 5.41) is 11.4. The van der Waals surface area contributed by atoms with Gasteiger partial charge in [0.25, 0.3) is 5.91 Å². The van der Waals surface area contributed by atoms with E-state index in [0.717, 1.165) is 5.56 Å². The third-order valence-electron chi connectivity index (χ3n) is 4.09. The second-order valence-electron chi connectivity index (χ2n) is 6.03. The van der Waals surface area contributed by atoms with Crippen molar-refractivity contribution in [2.45, 2.75) is 19.6 Å². The van der Waals surface area contributed by atoms with E-state index in [1.165, 1.54) is 40.4 Å². The number of hydrogen-bond acceptors (Lipinski definition) is 7. The van der Waals surface area contributed by atoms with Crippen molar-refractivity contribution in [3.63, 3.8) is 0 Å². The van der Waals surface area contributed by atoms with E-state index in [0.29, 0.717) is 22.8 Å². The zero-order valence-corrected chi connectivity index (χ0v) is 16.6. The molecule has 0 saturated heterocycles. The summed E-state index contributed by atoms with van der Waals surface area (Å²) in [7, 11) is 4.36. The monoisotopic (exact) mass is 398 g/mol. The fourth-order valence-electron chi connectivity index (χ4n) is 2.51. The summed E-state index contributed by atoms with van der Waals surface area (Å²) < 4.78 is 20.9. The van der Waals surface area contributed by atoms with Gasteiger partial charge in [0.05, 0.1) is 33.0 Å². The molecule has 152 valence electrons. The molecule has 0 bridgehead atoms. The van der Waals surface area contributed by atoms with Crippen LogP contribution in [0.5, 0.6) is 17.2 Å². The Balaban J connectivity index is 2.02. The van der Waals surface area contributed by atoms with Crippen LogP contribution in [0.15, 0.2) is 36.4 Å². The van der Waals surface area contributed by atoms with Crippen molar-refractivity contribution in [3.8, 4) is 23.3 Å². The lowest BCUT2D eigenvalue weighted by Crippen LogP contribution is -2.39. The Labute approximate surface area is 168 Å². The lowest BCUT2D eigenvalue weighted by atomic mass is 10.1. The van der Waals surface area contributed by atoms with Gasteiger partial charge in [-0.15, -0.1) is 0 Å². The minimum Gasteiger partial charge on any atom is -0.493 e. The van der Waals surface area contributed by atoms with Crippen molar-refractivity contribution in [2.75, 3.05) is 21.3 Å². The molecule has 8 heteroatoms. The molecule has 2 aromatic rings. The first kappa shape index (κ1) is 21.6. The van der Waals surface area contributed by atoms with Crippen molar-refractivity contribution in [1.29, 1.82) is 5.26 Å². The van der Waals surface area contributed by atoms with Gasteiger partial charge < -0.3 is 24.3 Å². The number of methoxy groups -OCH3 is 3. The number of carbonyl (C=O) groups is 2. The number of hydrogen-bond donors (Lipinski definition) is 1. The molecule has 1 N–H and O–H groups in total. The number of nitriles is 1. The molecule has 29 heavy (non-hydrogen) atoms. The average Bonchev–Trinajstić information content (AvgIpc) is 2.76. The summed E-state index contributed by atoms with van der Waals surface area (Å²) in [6, 6.07) is 10.8. The molecule has 0 aliphatic heterocycles. The smallest absolute Gasteiger partial charge is 0.328 e. The molecule has 2 aromatic carbocycles. The van der Waals surface area contributed by atoms with Crippen molar-refractivity contribution in [2.24, 2.45) is 0 Å². The molecule has 8 nitrogen and oxygen atoms in total. The number of benzene rings is 2. The normalized spacial score (nSPS) is 11.0. The van der Waals surface area contributed by atoms with Gasteiger partial charge in [0.1, 0.15) is 12.6 Å². The molecule has 0 spiro atoms. The molecule has 0 radical (unpaired) electrons. The second kappa shape index (κ2) is 9.99. The first-order valence-electron chi connectivity index (χ1n) is 8.70. The number of esters is 1. The summed E-state index contributed by atoms with van der Waals surface area (Å²) in [6.45, 7) is 1.56. The van der Waals surface area contributed by atoms with Gasteiger partial charge in [0.15, 0.2) is 11.5 Å². The van der Waals surface area contributed by atoms with Crippen LogP contribution in [0.25, 0.3) is 0 Å². The van der Waals surface area contributed by atoms with E-state index in [9.17, 15) is 9.59 Å². The molecular weight excluding hydrogens is 376 g/mol. The Morgan fingerprint density at radius 2 is 1.62 bits per heavy atom. The minimum absolute atomic E-state index is 0.0366. The summed E-state index contributed by atoms with van der Waals surface area (Å²) in [5.41, 5.74) is 1.50. The van der Waals surface area contributed by atoms with Crippen LogP contribution in [0.2, 0.25) is 0 Å². The Morgan fingerprint density at radius 3 is 2.10 bits per heavy atom. The fraction of sp³-hybridized carbons (Fsp3) is 0.286. The molecule has 1 atom stereocenters. The van der Waals surface area contributed by atoms with Gasteiger partial charge in [-0.05, 0) is 36.8 Å². The van der Waals surface area contributed by atoms with Crippen molar-refractivity contribution in [1.82, 2.24) is 5.32 Å². The van der Waals surface area contributed by atoms with E-state index < -0.39 is 17.9 Å². The van der Waals surface area contributed by atoms with E-state index in [2.05, 4.69) is 5.32 Å². The molecule has 0 saturated carbocycles. The highest BCUT2D eigenvalue weighted by Gasteiger charge is 2.21. The van der Waals surface area contributed by atoms with Crippen LogP contribution in [0, 0.1) is 11.3 Å². The zero-order valence-electron chi connectivity index (χ0n) is 16.6. The van der Waals surface area contributed by atoms with Crippen LogP contribution in [0.3, 0.4) is 0 Å². The van der Waals surface area contributed by atoms with Gasteiger partial charge in [-0.3, -0.25) is 4.79 Å². The van der Waals surface area contributed by atoms with Gasteiger partial charge in [0, 0.05) is 5.56 Å². The zero-order chi connectivity index (χ0) is 21.4. The average molecular weight is 398 g/mol. The van der Waals surface area contributed by atoms with Crippen LogP contribution in [-0.4, -0.2) is 39.2 Å². The summed E-state index contributed by atoms with van der Waals surface area (Å²) in [6.07, 6.45) is 0. The van der Waals surface area contributed by atoms with E-state index >= 15 is 0 Å². The fourth-order valence-corrected chi connectivity index (χ4v) is 2.51. The molecule has 0 heterocycles. The number of nitrogens with zero attached hydrogens (tertiary/aromatic N) is 1. The van der Waals surface area contributed by atoms with Crippen LogP contribution in [0.4, 0.5) is 0 Å². The molecule has 0 aliphatic carbocycles. The largest absolute Gasteiger partial charge is 0.493 e. The van der Waals surface area contributed by atoms with Gasteiger partial charge in [-0.25, -0.2) is 4.79 Å². The summed E-state index contributed by atoms with van der Waals surface area (Å²) in [5.74, 6) is -0.0651. The van der Waals surface area contributed by atoms with E-state index in [1.54, 1.807) is 24.3 Å². The molecule has 0 aromatic heterocycles. The third-order valence-corrected chi connectivity index (χ3v) is 4.09. The van der Waals surface area contributed by atoms with Gasteiger partial charge in [-0.2, -0.15) is 5.26 Å². The van der Waals surface area contributed by atoms with E-state index in [-0.39, 0.29) is 12.2 Å². The molecular formula is C21H22N2O6. The minimum atomic E-state index is -0.875. The number of amides is 1. The van der Waals surface area contributed by atoms with Crippen LogP contribution in [-0.2, 0) is 16.1 Å². The third kappa shape index (κ3) is 5.39. The van der Waals surface area contributed by atoms with Crippen LogP contribution in [0.1, 0.15) is 28.4 Å². The topological polar surface area (TPSA) is 107 Å². The lowest BCUT2D eigenvalue weighted by molar-refractivity contribution is -0.146. The first-order valence-corrected chi connectivity index (χ1v) is 8.70. The second-order valence-corrected chi connectivity index (χ2v) is 6.03. The predicted molar refractivity (Wildman–Crippen MR) is 104 cm³/mol. The standard InChI is InChI=1S/C21H22N2O6/c1-13(21(25)29-12-15-7-5-14(11-22)6-8-15)23-20(24)16-9-17(26-2)19(28-4)18(10-16)27-3/h5-10,13H,12H2,1-4H3,(H,23,24)/t13-/m0/s1. The molecule has 1 amide bonds. The Hall–Kier alpha value is -3.73. The Morgan fingerprint density at radius 1 is 1.03 bits per heavy atom. The van der Waals surface area contributed by atoms with Crippen LogP contribution < -0.4 is 19.5 Å². The van der Waals surface area contributed by atoms with Gasteiger partial charge >= 0.3 is 5.97 Å². The highest BCUT2D eigenvalue weighted by molar-refractivity contribution is 5.97. The van der Waals surface area contributed by atoms with E-state index in [1.807, 2.05) is 6.07 Å². The first-order chi connectivity index (χ1) is 13.9. The number of ether oxygens (including phenoxy) is 4. The summed E-state index contributed by atoms with van der Waals surface area (Å²) in [4.78, 5) is 24.7. The number of rotatable bonds is 8. The maximum atomic E-state index is 12.5. The highest BCUT2D eigenvalue weighted by Crippen LogP contribution is 2.38. The molecule has 0 unspecified atom stereocenters. The van der Waals surface area contributed by atoms with Crippen molar-refractivity contribution >= 4 is 11.9 Å². The van der Waals surface area contributed by atoms with Crippen LogP contribution >= 0.6 is 0 Å². The predicted octanol–water partition coefficient (Wildman–Crippen LogP) is 2.45. The van der Waals surface area contributed by atoms with Crippen molar-refractivity contribution in [3.05, 3.63) is 53.1 Å². The van der Waals surface area contributed by atoms with Gasteiger partial charge in [-0.1, -0.05) is 12.1 Å². The number of carbonyl (C=O) groups excluding carboxylic acids is 2. The van der Waals surface area contributed by atoms with Gasteiger partial charge in [0.2, 0.25) is 5.75 Å². The Bertz CT molecular complexity index is 893. The molecule has 0 fully saturated rings. The maximum absolute atomic E-state index is 12.5. The quantitative estimate of drug-likeness (QED) is 0.681. The van der Waals surface area contributed by atoms with E-state index in [4.69, 9.17) is 24.2 Å². The number of nitrogens with one attached hydrogen (secondary N) is 1.